The topological polar surface area (TPSA) is 62.5 Å². The standard InChI is InChI=1S/C24H28N4O2/c1-18-8-10-19(11-9-18)16-28-14-12-21(13-15-28)24(29)27(2)17-22-25-23(26-30-22)20-6-4-3-5-7-20/h3-11,21H,12-17H2,1-2H3. The van der Waals surface area contributed by atoms with Crippen molar-refractivity contribution in [1.29, 1.82) is 0 Å². The van der Waals surface area contributed by atoms with E-state index in [1.165, 1.54) is 11.1 Å². The summed E-state index contributed by atoms with van der Waals surface area (Å²) >= 11 is 0. The molecule has 2 aromatic carbocycles. The predicted molar refractivity (Wildman–Crippen MR) is 115 cm³/mol. The summed E-state index contributed by atoms with van der Waals surface area (Å²) in [4.78, 5) is 21.5. The maximum Gasteiger partial charge on any atom is 0.246 e. The minimum Gasteiger partial charge on any atom is -0.337 e. The molecule has 1 aliphatic rings. The van der Waals surface area contributed by atoms with E-state index < -0.39 is 0 Å². The van der Waals surface area contributed by atoms with Crippen LogP contribution in [0.5, 0.6) is 0 Å². The van der Waals surface area contributed by atoms with Crippen LogP contribution in [0.2, 0.25) is 0 Å². The van der Waals surface area contributed by atoms with Crippen LogP contribution in [0.25, 0.3) is 11.4 Å². The summed E-state index contributed by atoms with van der Waals surface area (Å²) in [5.74, 6) is 1.22. The fraction of sp³-hybridized carbons (Fsp3) is 0.375. The number of carbonyl (C=O) groups is 1. The van der Waals surface area contributed by atoms with Crippen LogP contribution in [-0.2, 0) is 17.9 Å². The molecule has 0 spiro atoms. The Morgan fingerprint density at radius 2 is 1.80 bits per heavy atom. The molecule has 0 N–H and O–H groups in total. The molecule has 1 amide bonds. The molecular weight excluding hydrogens is 376 g/mol. The van der Waals surface area contributed by atoms with E-state index in [0.717, 1.165) is 38.0 Å². The van der Waals surface area contributed by atoms with E-state index in [0.29, 0.717) is 18.3 Å². The summed E-state index contributed by atoms with van der Waals surface area (Å²) in [6, 6.07) is 18.4. The molecule has 2 heterocycles. The van der Waals surface area contributed by atoms with Gasteiger partial charge in [0.1, 0.15) is 0 Å². The molecule has 6 heteroatoms. The SMILES string of the molecule is Cc1ccc(CN2CCC(C(=O)N(C)Cc3nc(-c4ccccc4)no3)CC2)cc1. The zero-order valence-electron chi connectivity index (χ0n) is 17.6. The summed E-state index contributed by atoms with van der Waals surface area (Å²) in [5.41, 5.74) is 3.51. The summed E-state index contributed by atoms with van der Waals surface area (Å²) in [6.07, 6.45) is 1.77. The van der Waals surface area contributed by atoms with E-state index in [-0.39, 0.29) is 11.8 Å². The number of carbonyl (C=O) groups excluding carboxylic acids is 1. The van der Waals surface area contributed by atoms with E-state index >= 15 is 0 Å². The zero-order chi connectivity index (χ0) is 20.9. The molecule has 0 aliphatic carbocycles. The van der Waals surface area contributed by atoms with Crippen molar-refractivity contribution in [2.75, 3.05) is 20.1 Å². The van der Waals surface area contributed by atoms with Crippen molar-refractivity contribution < 1.29 is 9.32 Å². The molecule has 30 heavy (non-hydrogen) atoms. The Kier molecular flexibility index (Phi) is 6.23. The predicted octanol–water partition coefficient (Wildman–Crippen LogP) is 3.92. The van der Waals surface area contributed by atoms with Crippen LogP contribution in [0.15, 0.2) is 59.1 Å². The molecule has 0 atom stereocenters. The average molecular weight is 405 g/mol. The van der Waals surface area contributed by atoms with Crippen molar-refractivity contribution in [2.45, 2.75) is 32.9 Å². The van der Waals surface area contributed by atoms with Crippen LogP contribution in [0, 0.1) is 12.8 Å². The lowest BCUT2D eigenvalue weighted by Crippen LogP contribution is -2.40. The van der Waals surface area contributed by atoms with Crippen molar-refractivity contribution >= 4 is 5.91 Å². The Balaban J connectivity index is 1.28. The third-order valence-corrected chi connectivity index (χ3v) is 5.71. The van der Waals surface area contributed by atoms with Crippen LogP contribution in [0.1, 0.15) is 29.9 Å². The number of benzene rings is 2. The molecule has 1 aromatic heterocycles. The van der Waals surface area contributed by atoms with Gasteiger partial charge in [0.2, 0.25) is 17.6 Å². The largest absolute Gasteiger partial charge is 0.337 e. The van der Waals surface area contributed by atoms with Gasteiger partial charge in [0.25, 0.3) is 0 Å². The highest BCUT2D eigenvalue weighted by atomic mass is 16.5. The van der Waals surface area contributed by atoms with Gasteiger partial charge >= 0.3 is 0 Å². The molecule has 0 saturated carbocycles. The monoisotopic (exact) mass is 404 g/mol. The molecule has 6 nitrogen and oxygen atoms in total. The lowest BCUT2D eigenvalue weighted by Gasteiger charge is -2.33. The van der Waals surface area contributed by atoms with Gasteiger partial charge < -0.3 is 9.42 Å². The molecule has 0 bridgehead atoms. The number of amides is 1. The Morgan fingerprint density at radius 3 is 2.50 bits per heavy atom. The number of aryl methyl sites for hydroxylation is 1. The first-order valence-electron chi connectivity index (χ1n) is 10.5. The van der Waals surface area contributed by atoms with Gasteiger partial charge in [0.05, 0.1) is 6.54 Å². The Morgan fingerprint density at radius 1 is 1.10 bits per heavy atom. The van der Waals surface area contributed by atoms with Crippen molar-refractivity contribution in [3.05, 3.63) is 71.6 Å². The van der Waals surface area contributed by atoms with Crippen LogP contribution < -0.4 is 0 Å². The summed E-state index contributed by atoms with van der Waals surface area (Å²) in [6.45, 7) is 5.27. The molecule has 1 saturated heterocycles. The zero-order valence-corrected chi connectivity index (χ0v) is 17.6. The summed E-state index contributed by atoms with van der Waals surface area (Å²) < 4.78 is 5.36. The van der Waals surface area contributed by atoms with Crippen molar-refractivity contribution in [1.82, 2.24) is 19.9 Å². The van der Waals surface area contributed by atoms with Gasteiger partial charge in [0, 0.05) is 25.1 Å². The maximum absolute atomic E-state index is 12.9. The van der Waals surface area contributed by atoms with Gasteiger partial charge in [-0.15, -0.1) is 0 Å². The first kappa shape index (κ1) is 20.3. The Labute approximate surface area is 177 Å². The number of nitrogens with zero attached hydrogens (tertiary/aromatic N) is 4. The molecule has 1 aliphatic heterocycles. The summed E-state index contributed by atoms with van der Waals surface area (Å²) in [5, 5.41) is 4.04. The molecule has 0 unspecified atom stereocenters. The molecular formula is C24H28N4O2. The van der Waals surface area contributed by atoms with Crippen LogP contribution in [0.4, 0.5) is 0 Å². The maximum atomic E-state index is 12.9. The second kappa shape index (κ2) is 9.22. The summed E-state index contributed by atoms with van der Waals surface area (Å²) in [7, 11) is 1.81. The van der Waals surface area contributed by atoms with E-state index in [1.807, 2.05) is 37.4 Å². The quantitative estimate of drug-likeness (QED) is 0.623. The number of hydrogen-bond acceptors (Lipinski definition) is 5. The van der Waals surface area contributed by atoms with E-state index in [2.05, 4.69) is 46.2 Å². The highest BCUT2D eigenvalue weighted by Crippen LogP contribution is 2.22. The number of piperidine rings is 1. The molecule has 156 valence electrons. The first-order chi connectivity index (χ1) is 14.6. The molecule has 1 fully saturated rings. The Bertz CT molecular complexity index is 960. The van der Waals surface area contributed by atoms with Crippen molar-refractivity contribution in [2.24, 2.45) is 5.92 Å². The molecule has 3 aromatic rings. The lowest BCUT2D eigenvalue weighted by molar-refractivity contribution is -0.136. The van der Waals surface area contributed by atoms with Crippen molar-refractivity contribution in [3.63, 3.8) is 0 Å². The van der Waals surface area contributed by atoms with Gasteiger partial charge in [-0.2, -0.15) is 4.98 Å². The molecule has 4 rings (SSSR count). The third-order valence-electron chi connectivity index (χ3n) is 5.71. The second-order valence-corrected chi connectivity index (χ2v) is 8.11. The van der Waals surface area contributed by atoms with E-state index in [9.17, 15) is 4.79 Å². The highest BCUT2D eigenvalue weighted by molar-refractivity contribution is 5.78. The lowest BCUT2D eigenvalue weighted by atomic mass is 9.95. The van der Waals surface area contributed by atoms with Gasteiger partial charge in [-0.25, -0.2) is 0 Å². The minimum atomic E-state index is 0.0563. The fourth-order valence-electron chi connectivity index (χ4n) is 3.91. The van der Waals surface area contributed by atoms with Crippen LogP contribution >= 0.6 is 0 Å². The van der Waals surface area contributed by atoms with Gasteiger partial charge in [-0.1, -0.05) is 65.3 Å². The number of aromatic nitrogens is 2. The second-order valence-electron chi connectivity index (χ2n) is 8.11. The fourth-order valence-corrected chi connectivity index (χ4v) is 3.91. The third kappa shape index (κ3) is 4.94. The van der Waals surface area contributed by atoms with E-state index in [1.54, 1.807) is 4.90 Å². The van der Waals surface area contributed by atoms with Crippen LogP contribution in [0.3, 0.4) is 0 Å². The van der Waals surface area contributed by atoms with E-state index in [4.69, 9.17) is 4.52 Å². The van der Waals surface area contributed by atoms with Crippen LogP contribution in [-0.4, -0.2) is 46.0 Å². The Hall–Kier alpha value is -2.99. The normalized spacial score (nSPS) is 15.3. The average Bonchev–Trinajstić information content (AvgIpc) is 3.24. The molecule has 0 radical (unpaired) electrons. The highest BCUT2D eigenvalue weighted by Gasteiger charge is 2.28. The number of likely N-dealkylation sites (tertiary alicyclic amines) is 1. The smallest absolute Gasteiger partial charge is 0.246 e. The minimum absolute atomic E-state index is 0.0563. The number of rotatable bonds is 6. The van der Waals surface area contributed by atoms with Crippen molar-refractivity contribution in [3.8, 4) is 11.4 Å². The number of hydrogen-bond donors (Lipinski definition) is 0. The first-order valence-corrected chi connectivity index (χ1v) is 10.5. The van der Waals surface area contributed by atoms with Gasteiger partial charge in [-0.3, -0.25) is 9.69 Å². The van der Waals surface area contributed by atoms with Gasteiger partial charge in [0.15, 0.2) is 0 Å². The van der Waals surface area contributed by atoms with Gasteiger partial charge in [-0.05, 0) is 38.4 Å².